The SMILES string of the molecule is C#C[C@]1(O)CC[C@H]2[C@@H]3[C@H](C)CC4=C(CCC(=O)C4)[C@H]3CC[C@@]21C.C[C@]12CC[C@@H]3c4ccc(O)cc4CC[C@H]3[C@@H]1CC[C@@H]2O. The van der Waals surface area contributed by atoms with E-state index in [1.54, 1.807) is 5.57 Å². The van der Waals surface area contributed by atoms with Crippen LogP contribution in [-0.2, 0) is 11.2 Å². The van der Waals surface area contributed by atoms with Gasteiger partial charge in [-0.15, -0.1) is 6.42 Å². The Hall–Kier alpha value is -2.09. The number of terminal acetylenes is 1. The first kappa shape index (κ1) is 29.6. The summed E-state index contributed by atoms with van der Waals surface area (Å²) in [5.74, 6) is 8.09. The number of rotatable bonds is 0. The summed E-state index contributed by atoms with van der Waals surface area (Å²) in [6, 6.07) is 5.96. The smallest absolute Gasteiger partial charge is 0.137 e. The fraction of sp³-hybridized carbons (Fsp3) is 0.718. The minimum atomic E-state index is -0.917. The average Bonchev–Trinajstić information content (AvgIpc) is 3.44. The Kier molecular flexibility index (Phi) is 7.22. The van der Waals surface area contributed by atoms with Crippen LogP contribution >= 0.6 is 0 Å². The lowest BCUT2D eigenvalue weighted by molar-refractivity contribution is -0.119. The summed E-state index contributed by atoms with van der Waals surface area (Å²) >= 11 is 0. The molecule has 7 aliphatic carbocycles. The first-order valence-electron chi connectivity index (χ1n) is 17.4. The number of carbonyl (C=O) groups excluding carboxylic acids is 1. The van der Waals surface area contributed by atoms with Crippen molar-refractivity contribution in [2.45, 2.75) is 128 Å². The quantitative estimate of drug-likeness (QED) is 0.218. The van der Waals surface area contributed by atoms with E-state index in [0.29, 0.717) is 53.5 Å². The van der Waals surface area contributed by atoms with E-state index in [0.717, 1.165) is 70.1 Å². The highest BCUT2D eigenvalue weighted by molar-refractivity contribution is 5.82. The van der Waals surface area contributed by atoms with Gasteiger partial charge >= 0.3 is 0 Å². The number of aryl methyl sites for hydroxylation is 1. The van der Waals surface area contributed by atoms with Crippen molar-refractivity contribution >= 4 is 5.78 Å². The van der Waals surface area contributed by atoms with Crippen LogP contribution < -0.4 is 0 Å². The van der Waals surface area contributed by atoms with Crippen LogP contribution in [0.15, 0.2) is 29.3 Å². The molecule has 232 valence electrons. The predicted octanol–water partition coefficient (Wildman–Crippen LogP) is 7.49. The zero-order valence-electron chi connectivity index (χ0n) is 26.6. The molecule has 0 radical (unpaired) electrons. The number of hydrogen-bond donors (Lipinski definition) is 3. The number of Topliss-reactive ketones (excluding diaryl/α,β-unsaturated/α-hetero) is 1. The second kappa shape index (κ2) is 10.5. The summed E-state index contributed by atoms with van der Waals surface area (Å²) in [7, 11) is 0. The van der Waals surface area contributed by atoms with Crippen molar-refractivity contribution in [3.8, 4) is 18.1 Å². The van der Waals surface area contributed by atoms with Gasteiger partial charge < -0.3 is 15.3 Å². The molecule has 43 heavy (non-hydrogen) atoms. The highest BCUT2D eigenvalue weighted by atomic mass is 16.3. The minimum Gasteiger partial charge on any atom is -0.508 e. The molecular formula is C39H52O4. The summed E-state index contributed by atoms with van der Waals surface area (Å²) in [6.07, 6.45) is 20.0. The van der Waals surface area contributed by atoms with E-state index in [4.69, 9.17) is 6.42 Å². The van der Waals surface area contributed by atoms with Gasteiger partial charge in [-0.3, -0.25) is 4.79 Å². The molecule has 7 aliphatic rings. The molecule has 4 nitrogen and oxygen atoms in total. The Morgan fingerprint density at radius 1 is 0.930 bits per heavy atom. The summed E-state index contributed by atoms with van der Waals surface area (Å²) in [6.45, 7) is 6.92. The Balaban J connectivity index is 0.000000141. The molecule has 0 heterocycles. The van der Waals surface area contributed by atoms with Gasteiger partial charge in [0.25, 0.3) is 0 Å². The van der Waals surface area contributed by atoms with Crippen molar-refractivity contribution in [3.63, 3.8) is 0 Å². The third kappa shape index (κ3) is 4.42. The molecule has 4 heteroatoms. The summed E-state index contributed by atoms with van der Waals surface area (Å²) < 4.78 is 0. The number of allylic oxidation sites excluding steroid dienone is 2. The van der Waals surface area contributed by atoms with Gasteiger partial charge in [0.1, 0.15) is 17.1 Å². The molecule has 0 saturated heterocycles. The third-order valence-corrected chi connectivity index (χ3v) is 14.6. The largest absolute Gasteiger partial charge is 0.508 e. The van der Waals surface area contributed by atoms with Crippen molar-refractivity contribution in [2.75, 3.05) is 0 Å². The van der Waals surface area contributed by atoms with Gasteiger partial charge in [-0.25, -0.2) is 0 Å². The van der Waals surface area contributed by atoms with Gasteiger partial charge in [0.2, 0.25) is 0 Å². The normalized spacial score (nSPS) is 46.2. The third-order valence-electron chi connectivity index (χ3n) is 14.6. The van der Waals surface area contributed by atoms with Gasteiger partial charge in [0.05, 0.1) is 6.10 Å². The Morgan fingerprint density at radius 3 is 2.51 bits per heavy atom. The second-order valence-electron chi connectivity index (χ2n) is 16.3. The highest BCUT2D eigenvalue weighted by Crippen LogP contribution is 2.65. The number of ketones is 1. The summed E-state index contributed by atoms with van der Waals surface area (Å²) in [5.41, 5.74) is 5.03. The maximum absolute atomic E-state index is 11.9. The summed E-state index contributed by atoms with van der Waals surface area (Å²) in [4.78, 5) is 11.9. The molecule has 0 bridgehead atoms. The molecule has 0 amide bonds. The monoisotopic (exact) mass is 584 g/mol. The maximum atomic E-state index is 11.9. The van der Waals surface area contributed by atoms with E-state index in [1.165, 1.54) is 36.0 Å². The fourth-order valence-electron chi connectivity index (χ4n) is 12.3. The first-order valence-corrected chi connectivity index (χ1v) is 17.4. The zero-order chi connectivity index (χ0) is 30.3. The predicted molar refractivity (Wildman–Crippen MR) is 169 cm³/mol. The van der Waals surface area contributed by atoms with Crippen molar-refractivity contribution in [2.24, 2.45) is 46.3 Å². The van der Waals surface area contributed by atoms with Gasteiger partial charge in [0, 0.05) is 18.3 Å². The van der Waals surface area contributed by atoms with E-state index >= 15 is 0 Å². The number of carbonyl (C=O) groups is 1. The molecule has 3 N–H and O–H groups in total. The molecule has 11 atom stereocenters. The number of hydrogen-bond acceptors (Lipinski definition) is 4. The van der Waals surface area contributed by atoms with E-state index in [9.17, 15) is 20.1 Å². The molecule has 0 spiro atoms. The van der Waals surface area contributed by atoms with Crippen LogP contribution in [0.25, 0.3) is 0 Å². The number of fused-ring (bicyclic) bond motifs is 9. The van der Waals surface area contributed by atoms with Gasteiger partial charge in [-0.2, -0.15) is 0 Å². The van der Waals surface area contributed by atoms with Crippen LogP contribution in [0.5, 0.6) is 5.75 Å². The maximum Gasteiger partial charge on any atom is 0.137 e. The molecule has 1 aromatic rings. The van der Waals surface area contributed by atoms with Crippen LogP contribution in [0.3, 0.4) is 0 Å². The Morgan fingerprint density at radius 2 is 1.72 bits per heavy atom. The molecule has 0 unspecified atom stereocenters. The van der Waals surface area contributed by atoms with Crippen LogP contribution in [-0.4, -0.2) is 32.8 Å². The highest BCUT2D eigenvalue weighted by Gasteiger charge is 2.62. The van der Waals surface area contributed by atoms with E-state index < -0.39 is 5.60 Å². The number of phenolic OH excluding ortho intramolecular Hbond substituents is 1. The topological polar surface area (TPSA) is 77.8 Å². The lowest BCUT2D eigenvalue weighted by Gasteiger charge is -2.55. The van der Waals surface area contributed by atoms with Gasteiger partial charge in [-0.1, -0.05) is 43.9 Å². The average molecular weight is 585 g/mol. The molecule has 4 saturated carbocycles. The Bertz CT molecular complexity index is 1370. The Labute approximate surface area is 258 Å². The van der Waals surface area contributed by atoms with Crippen molar-refractivity contribution in [1.29, 1.82) is 0 Å². The summed E-state index contributed by atoms with van der Waals surface area (Å²) in [5, 5.41) is 31.1. The van der Waals surface area contributed by atoms with Crippen molar-refractivity contribution in [3.05, 3.63) is 40.5 Å². The lowest BCUT2D eigenvalue weighted by Crippen LogP contribution is -2.52. The number of aliphatic hydroxyl groups is 2. The first-order chi connectivity index (χ1) is 20.5. The number of phenols is 1. The number of aromatic hydroxyl groups is 1. The van der Waals surface area contributed by atoms with Gasteiger partial charge in [0.15, 0.2) is 0 Å². The van der Waals surface area contributed by atoms with Crippen LogP contribution in [0.2, 0.25) is 0 Å². The molecule has 0 aromatic heterocycles. The van der Waals surface area contributed by atoms with Crippen molar-refractivity contribution in [1.82, 2.24) is 0 Å². The molecule has 4 fully saturated rings. The minimum absolute atomic E-state index is 0.0883. The fourth-order valence-corrected chi connectivity index (χ4v) is 12.3. The van der Waals surface area contributed by atoms with E-state index in [2.05, 4.69) is 32.8 Å². The van der Waals surface area contributed by atoms with Gasteiger partial charge in [-0.05, 0) is 147 Å². The molecule has 0 aliphatic heterocycles. The number of aliphatic hydroxyl groups excluding tert-OH is 1. The molecule has 8 rings (SSSR count). The molecular weight excluding hydrogens is 532 g/mol. The van der Waals surface area contributed by atoms with Crippen LogP contribution in [0.1, 0.15) is 121 Å². The van der Waals surface area contributed by atoms with Crippen LogP contribution in [0, 0.1) is 58.7 Å². The lowest BCUT2D eigenvalue weighted by atomic mass is 9.50. The van der Waals surface area contributed by atoms with E-state index in [-0.39, 0.29) is 16.9 Å². The second-order valence-corrected chi connectivity index (χ2v) is 16.3. The zero-order valence-corrected chi connectivity index (χ0v) is 26.6. The standard InChI is InChI=1S/C21H28O2.C18H24O2/c1-4-21(23)10-8-18-19-13(2)11-14-12-15(22)5-6-16(14)17(19)7-9-20(18,21)3;1-18-9-8-14-13-5-3-12(19)10-11(13)2-4-15(14)16(18)6-7-17(18)20/h1,13,17-19,23H,5-12H2,2-3H3;3,5,10,14-17,19-20H,2,4,6-9H2,1H3/t13-,17-,18+,19-,20+,21+;14-,15-,16+,17+,18+/m11/s1. The van der Waals surface area contributed by atoms with E-state index in [1.807, 2.05) is 12.1 Å². The van der Waals surface area contributed by atoms with Crippen LogP contribution in [0.4, 0.5) is 0 Å². The molecule has 1 aromatic carbocycles. The number of benzene rings is 1. The van der Waals surface area contributed by atoms with Crippen molar-refractivity contribution < 1.29 is 20.1 Å².